The molecule has 8 rings (SSSR count). The van der Waals surface area contributed by atoms with Gasteiger partial charge in [0.25, 0.3) is 0 Å². The maximum absolute atomic E-state index is 14.7. The predicted octanol–water partition coefficient (Wildman–Crippen LogP) is 8.51. The second-order valence-electron chi connectivity index (χ2n) is 13.1. The molecule has 4 heterocycles. The molecule has 1 amide bonds. The number of H-pyrrole nitrogens is 1. The van der Waals surface area contributed by atoms with E-state index >= 15 is 0 Å². The molecule has 2 fully saturated rings. The molecule has 8 nitrogen and oxygen atoms in total. The van der Waals surface area contributed by atoms with Gasteiger partial charge < -0.3 is 23.8 Å². The van der Waals surface area contributed by atoms with Gasteiger partial charge in [-0.05, 0) is 88.1 Å². The first-order valence-electron chi connectivity index (χ1n) is 15.1. The molecule has 3 aliphatic rings. The van der Waals surface area contributed by atoms with Gasteiger partial charge in [0.2, 0.25) is 6.23 Å². The summed E-state index contributed by atoms with van der Waals surface area (Å²) in [4.78, 5) is 23.2. The fourth-order valence-electron chi connectivity index (χ4n) is 6.83. The van der Waals surface area contributed by atoms with Gasteiger partial charge in [-0.2, -0.15) is 0 Å². The van der Waals surface area contributed by atoms with Crippen molar-refractivity contribution in [3.05, 3.63) is 89.1 Å². The number of halogens is 2. The first kappa shape index (κ1) is 28.0. The number of fused-ring (bicyclic) bond motifs is 6. The van der Waals surface area contributed by atoms with Gasteiger partial charge in [0, 0.05) is 39.2 Å². The lowest BCUT2D eigenvalue weighted by molar-refractivity contribution is 0.0175. The number of methoxy groups -OCH3 is 1. The van der Waals surface area contributed by atoms with Crippen molar-refractivity contribution in [2.45, 2.75) is 57.5 Å². The van der Waals surface area contributed by atoms with Crippen molar-refractivity contribution >= 4 is 28.6 Å². The molecule has 0 radical (unpaired) electrons. The number of aromatic nitrogens is 3. The van der Waals surface area contributed by atoms with E-state index in [0.717, 1.165) is 52.1 Å². The lowest BCUT2D eigenvalue weighted by Gasteiger charge is -2.31. The Morgan fingerprint density at radius 1 is 1.09 bits per heavy atom. The monoisotopic (exact) mass is 626 g/mol. The minimum atomic E-state index is -0.657. The van der Waals surface area contributed by atoms with Crippen LogP contribution in [-0.2, 0) is 4.74 Å². The fraction of sp³-hybridized carbons (Fsp3) is 0.314. The van der Waals surface area contributed by atoms with E-state index in [-0.39, 0.29) is 18.2 Å². The highest BCUT2D eigenvalue weighted by molar-refractivity contribution is 6.31. The molecule has 1 aliphatic carbocycles. The zero-order valence-electron chi connectivity index (χ0n) is 25.3. The van der Waals surface area contributed by atoms with Crippen LogP contribution in [0.1, 0.15) is 57.3 Å². The molecule has 45 heavy (non-hydrogen) atoms. The van der Waals surface area contributed by atoms with Gasteiger partial charge in [-0.3, -0.25) is 4.90 Å². The predicted molar refractivity (Wildman–Crippen MR) is 169 cm³/mol. The van der Waals surface area contributed by atoms with Crippen LogP contribution in [0.3, 0.4) is 0 Å². The van der Waals surface area contributed by atoms with Crippen molar-refractivity contribution in [3.8, 4) is 34.0 Å². The number of nitrogens with zero attached hydrogens (tertiary/aromatic N) is 3. The van der Waals surface area contributed by atoms with Crippen molar-refractivity contribution in [1.82, 2.24) is 19.4 Å². The molecule has 3 aromatic carbocycles. The van der Waals surface area contributed by atoms with Gasteiger partial charge in [0.05, 0.1) is 36.3 Å². The molecule has 2 aromatic heterocycles. The van der Waals surface area contributed by atoms with Crippen LogP contribution in [0.4, 0.5) is 9.18 Å². The number of aromatic amines is 1. The molecule has 0 bridgehead atoms. The molecular formula is C35H32ClFN4O4. The third-order valence-electron chi connectivity index (χ3n) is 8.88. The van der Waals surface area contributed by atoms with E-state index in [1.807, 2.05) is 62.1 Å². The van der Waals surface area contributed by atoms with Crippen molar-refractivity contribution in [2.24, 2.45) is 5.92 Å². The Hall–Kier alpha value is -4.50. The summed E-state index contributed by atoms with van der Waals surface area (Å²) in [6.07, 6.45) is 2.71. The lowest BCUT2D eigenvalue weighted by Crippen LogP contribution is -2.38. The SMILES string of the molecule is COc1cc(F)cc(C2Oc3cc(-c4cnc(C5CC6CC6N5C(=O)OC(C)(C)C)[nH]4)ccc3-c3cc4cc(Cl)ccc4n32)c1. The van der Waals surface area contributed by atoms with E-state index in [4.69, 9.17) is 30.8 Å². The molecular weight excluding hydrogens is 595 g/mol. The molecule has 0 spiro atoms. The smallest absolute Gasteiger partial charge is 0.411 e. The standard InChI is InChI=1S/C35H32ClFN4O4/c1-35(2,3)45-34(42)41-28-12-20(28)14-30(41)32-38-17-26(39-32)18-5-7-25-29-13-19-9-22(36)6-8-27(19)40(29)33(44-31(25)15-18)21-10-23(37)16-24(11-21)43-4/h5-11,13,15-17,20,28,30,33H,12,14H2,1-4H3,(H,38,39). The van der Waals surface area contributed by atoms with Gasteiger partial charge in [0.1, 0.15) is 28.7 Å². The van der Waals surface area contributed by atoms with Crippen molar-refractivity contribution in [2.75, 3.05) is 7.11 Å². The zero-order chi connectivity index (χ0) is 31.2. The second-order valence-corrected chi connectivity index (χ2v) is 13.5. The van der Waals surface area contributed by atoms with Crippen molar-refractivity contribution < 1.29 is 23.4 Å². The summed E-state index contributed by atoms with van der Waals surface area (Å²) in [5.74, 6) is 1.86. The van der Waals surface area contributed by atoms with Crippen LogP contribution < -0.4 is 9.47 Å². The van der Waals surface area contributed by atoms with Crippen LogP contribution in [0.25, 0.3) is 33.4 Å². The summed E-state index contributed by atoms with van der Waals surface area (Å²) in [5.41, 5.74) is 4.47. The topological polar surface area (TPSA) is 81.6 Å². The molecule has 1 N–H and O–H groups in total. The van der Waals surface area contributed by atoms with Gasteiger partial charge in [-0.15, -0.1) is 0 Å². The van der Waals surface area contributed by atoms with Gasteiger partial charge in [-0.25, -0.2) is 14.2 Å². The van der Waals surface area contributed by atoms with Crippen LogP contribution >= 0.6 is 11.6 Å². The fourth-order valence-corrected chi connectivity index (χ4v) is 7.01. The highest BCUT2D eigenvalue weighted by Crippen LogP contribution is 2.53. The number of amides is 1. The number of likely N-dealkylation sites (tertiary alicyclic amines) is 1. The minimum absolute atomic E-state index is 0.166. The maximum Gasteiger partial charge on any atom is 0.411 e. The van der Waals surface area contributed by atoms with Crippen LogP contribution in [0, 0.1) is 11.7 Å². The van der Waals surface area contributed by atoms with Crippen molar-refractivity contribution in [1.29, 1.82) is 0 Å². The molecule has 230 valence electrons. The summed E-state index contributed by atoms with van der Waals surface area (Å²) in [5, 5.41) is 1.58. The first-order chi connectivity index (χ1) is 21.6. The molecule has 1 saturated heterocycles. The van der Waals surface area contributed by atoms with E-state index in [1.165, 1.54) is 19.2 Å². The number of rotatable bonds is 4. The van der Waals surface area contributed by atoms with Crippen LogP contribution in [-0.4, -0.2) is 44.3 Å². The third-order valence-corrected chi connectivity index (χ3v) is 9.11. The van der Waals surface area contributed by atoms with Gasteiger partial charge in [0.15, 0.2) is 0 Å². The molecule has 10 heteroatoms. The highest BCUT2D eigenvalue weighted by atomic mass is 35.5. The zero-order valence-corrected chi connectivity index (χ0v) is 26.1. The van der Waals surface area contributed by atoms with Crippen LogP contribution in [0.5, 0.6) is 11.5 Å². The maximum atomic E-state index is 14.7. The minimum Gasteiger partial charge on any atom is -0.497 e. The highest BCUT2D eigenvalue weighted by Gasteiger charge is 2.56. The normalized spacial score (nSPS) is 21.6. The molecule has 4 atom stereocenters. The third kappa shape index (κ3) is 4.81. The summed E-state index contributed by atoms with van der Waals surface area (Å²) < 4.78 is 34.6. The van der Waals surface area contributed by atoms with E-state index in [2.05, 4.69) is 15.6 Å². The Morgan fingerprint density at radius 2 is 1.93 bits per heavy atom. The van der Waals surface area contributed by atoms with Gasteiger partial charge in [-0.1, -0.05) is 17.7 Å². The number of ether oxygens (including phenoxy) is 3. The Kier molecular flexibility index (Phi) is 6.23. The molecule has 5 aromatic rings. The number of nitrogens with one attached hydrogen (secondary N) is 1. The van der Waals surface area contributed by atoms with E-state index in [1.54, 1.807) is 12.3 Å². The second kappa shape index (κ2) is 10.0. The van der Waals surface area contributed by atoms with Crippen LogP contribution in [0.2, 0.25) is 5.02 Å². The molecule has 2 aliphatic heterocycles. The van der Waals surface area contributed by atoms with Gasteiger partial charge >= 0.3 is 6.09 Å². The number of benzene rings is 3. The summed E-state index contributed by atoms with van der Waals surface area (Å²) >= 11 is 6.35. The molecule has 1 saturated carbocycles. The van der Waals surface area contributed by atoms with E-state index in [0.29, 0.717) is 28.0 Å². The number of hydrogen-bond donors (Lipinski definition) is 1. The Bertz CT molecular complexity index is 2000. The Morgan fingerprint density at radius 3 is 2.73 bits per heavy atom. The summed E-state index contributed by atoms with van der Waals surface area (Å²) in [6, 6.07) is 18.5. The number of imidazole rings is 1. The average molecular weight is 627 g/mol. The quantitative estimate of drug-likeness (QED) is 0.216. The number of carbonyl (C=O) groups excluding carboxylic acids is 1. The Balaban J connectivity index is 1.17. The number of hydrogen-bond acceptors (Lipinski definition) is 5. The lowest BCUT2D eigenvalue weighted by atomic mass is 10.0. The molecule has 4 unspecified atom stereocenters. The number of carbonyl (C=O) groups is 1. The Labute approximate surface area is 264 Å². The summed E-state index contributed by atoms with van der Waals surface area (Å²) in [6.45, 7) is 5.65. The van der Waals surface area contributed by atoms with E-state index in [9.17, 15) is 9.18 Å². The largest absolute Gasteiger partial charge is 0.497 e. The first-order valence-corrected chi connectivity index (χ1v) is 15.5. The van der Waals surface area contributed by atoms with E-state index < -0.39 is 17.6 Å². The van der Waals surface area contributed by atoms with Crippen LogP contribution in [0.15, 0.2) is 66.9 Å². The number of piperidine rings is 1. The summed E-state index contributed by atoms with van der Waals surface area (Å²) in [7, 11) is 1.51. The van der Waals surface area contributed by atoms with Crippen molar-refractivity contribution in [3.63, 3.8) is 0 Å². The average Bonchev–Trinajstić information content (AvgIpc) is 3.33.